The second-order valence-electron chi connectivity index (χ2n) is 7.90. The number of nitrogens with one attached hydrogen (secondary N) is 2. The number of hydrogen-bond donors (Lipinski definition) is 2. The molecule has 2 fully saturated rings. The quantitative estimate of drug-likeness (QED) is 0.747. The Hall–Kier alpha value is -2.04. The number of rotatable bonds is 6. The first-order valence-corrected chi connectivity index (χ1v) is 10.6. The summed E-state index contributed by atoms with van der Waals surface area (Å²) in [6.45, 7) is 2.24. The monoisotopic (exact) mass is 371 g/mol. The standard InChI is InChI=1S/C22H33N3O2/c26-21(12-7-15-23-22(27)24-20-10-5-2-6-11-20)25-16-13-19(14-17-25)18-8-3-1-4-9-18/h1,3-4,8-9,19-20H,2,5-7,10-17H2,(H2,23,24,27). The van der Waals surface area contributed by atoms with Crippen molar-refractivity contribution in [2.24, 2.45) is 0 Å². The van der Waals surface area contributed by atoms with Crippen LogP contribution < -0.4 is 10.6 Å². The number of amides is 3. The molecule has 1 saturated heterocycles. The lowest BCUT2D eigenvalue weighted by atomic mass is 9.89. The van der Waals surface area contributed by atoms with E-state index in [1.54, 1.807) is 0 Å². The van der Waals surface area contributed by atoms with E-state index in [0.717, 1.165) is 38.8 Å². The van der Waals surface area contributed by atoms with Crippen molar-refractivity contribution in [3.63, 3.8) is 0 Å². The van der Waals surface area contributed by atoms with Crippen molar-refractivity contribution < 1.29 is 9.59 Å². The van der Waals surface area contributed by atoms with Gasteiger partial charge in [0.05, 0.1) is 0 Å². The molecule has 148 valence electrons. The van der Waals surface area contributed by atoms with Gasteiger partial charge in [-0.3, -0.25) is 4.79 Å². The average Bonchev–Trinajstić information content (AvgIpc) is 2.72. The lowest BCUT2D eigenvalue weighted by molar-refractivity contribution is -0.132. The summed E-state index contributed by atoms with van der Waals surface area (Å²) in [4.78, 5) is 26.3. The van der Waals surface area contributed by atoms with Gasteiger partial charge in [-0.1, -0.05) is 49.6 Å². The van der Waals surface area contributed by atoms with Crippen molar-refractivity contribution in [1.29, 1.82) is 0 Å². The van der Waals surface area contributed by atoms with E-state index in [0.29, 0.717) is 31.3 Å². The van der Waals surface area contributed by atoms with Crippen LogP contribution in [0.4, 0.5) is 4.79 Å². The van der Waals surface area contributed by atoms with E-state index in [9.17, 15) is 9.59 Å². The molecule has 1 aliphatic carbocycles. The molecule has 0 radical (unpaired) electrons. The molecule has 5 heteroatoms. The molecule has 3 amide bonds. The van der Waals surface area contributed by atoms with Gasteiger partial charge in [-0.2, -0.15) is 0 Å². The highest BCUT2D eigenvalue weighted by Gasteiger charge is 2.23. The van der Waals surface area contributed by atoms with Crippen LogP contribution in [-0.4, -0.2) is 42.5 Å². The molecule has 0 aromatic heterocycles. The molecule has 1 aliphatic heterocycles. The van der Waals surface area contributed by atoms with Crippen LogP contribution in [0.5, 0.6) is 0 Å². The highest BCUT2D eigenvalue weighted by molar-refractivity contribution is 5.76. The summed E-state index contributed by atoms with van der Waals surface area (Å²) in [5, 5.41) is 5.94. The third-order valence-corrected chi connectivity index (χ3v) is 5.91. The molecular weight excluding hydrogens is 338 g/mol. The van der Waals surface area contributed by atoms with Crippen molar-refractivity contribution in [3.05, 3.63) is 35.9 Å². The van der Waals surface area contributed by atoms with E-state index in [-0.39, 0.29) is 11.9 Å². The van der Waals surface area contributed by atoms with Crippen LogP contribution in [0.15, 0.2) is 30.3 Å². The first-order valence-electron chi connectivity index (χ1n) is 10.6. The molecule has 1 aromatic rings. The van der Waals surface area contributed by atoms with Gasteiger partial charge in [0.25, 0.3) is 0 Å². The summed E-state index contributed by atoms with van der Waals surface area (Å²) in [5.74, 6) is 0.788. The predicted molar refractivity (Wildman–Crippen MR) is 108 cm³/mol. The molecule has 2 aliphatic rings. The van der Waals surface area contributed by atoms with E-state index in [1.165, 1.54) is 24.8 Å². The van der Waals surface area contributed by atoms with Gasteiger partial charge in [0, 0.05) is 32.1 Å². The molecule has 27 heavy (non-hydrogen) atoms. The van der Waals surface area contributed by atoms with E-state index >= 15 is 0 Å². The van der Waals surface area contributed by atoms with E-state index in [4.69, 9.17) is 0 Å². The molecule has 0 spiro atoms. The number of piperidine rings is 1. The Morgan fingerprint density at radius 3 is 2.37 bits per heavy atom. The molecule has 2 N–H and O–H groups in total. The second kappa shape index (κ2) is 10.3. The molecule has 0 atom stereocenters. The Balaban J connectivity index is 1.28. The van der Waals surface area contributed by atoms with Gasteiger partial charge in [-0.05, 0) is 43.6 Å². The number of carbonyl (C=O) groups excluding carboxylic acids is 2. The minimum Gasteiger partial charge on any atom is -0.343 e. The maximum absolute atomic E-state index is 12.4. The van der Waals surface area contributed by atoms with Crippen molar-refractivity contribution in [2.45, 2.75) is 69.7 Å². The Bertz CT molecular complexity index is 591. The number of carbonyl (C=O) groups is 2. The number of hydrogen-bond acceptors (Lipinski definition) is 2. The van der Waals surface area contributed by atoms with Crippen LogP contribution in [0, 0.1) is 0 Å². The average molecular weight is 372 g/mol. The van der Waals surface area contributed by atoms with Crippen molar-refractivity contribution in [3.8, 4) is 0 Å². The highest BCUT2D eigenvalue weighted by Crippen LogP contribution is 2.28. The molecule has 5 nitrogen and oxygen atoms in total. The summed E-state index contributed by atoms with van der Waals surface area (Å²) in [6, 6.07) is 10.8. The first-order chi connectivity index (χ1) is 13.2. The summed E-state index contributed by atoms with van der Waals surface area (Å²) in [7, 11) is 0. The molecular formula is C22H33N3O2. The molecule has 0 bridgehead atoms. The van der Waals surface area contributed by atoms with E-state index < -0.39 is 0 Å². The van der Waals surface area contributed by atoms with Crippen LogP contribution in [-0.2, 0) is 4.79 Å². The maximum Gasteiger partial charge on any atom is 0.315 e. The third kappa shape index (κ3) is 6.26. The first kappa shape index (κ1) is 19.7. The van der Waals surface area contributed by atoms with Crippen LogP contribution in [0.2, 0.25) is 0 Å². The van der Waals surface area contributed by atoms with Gasteiger partial charge >= 0.3 is 6.03 Å². The number of urea groups is 1. The van der Waals surface area contributed by atoms with Crippen molar-refractivity contribution >= 4 is 11.9 Å². The minimum absolute atomic E-state index is 0.0852. The predicted octanol–water partition coefficient (Wildman–Crippen LogP) is 3.80. The molecule has 0 unspecified atom stereocenters. The zero-order chi connectivity index (χ0) is 18.9. The van der Waals surface area contributed by atoms with Crippen LogP contribution in [0.3, 0.4) is 0 Å². The smallest absolute Gasteiger partial charge is 0.315 e. The molecule has 1 saturated carbocycles. The van der Waals surface area contributed by atoms with Crippen LogP contribution >= 0.6 is 0 Å². The van der Waals surface area contributed by atoms with Gasteiger partial charge in [0.2, 0.25) is 5.91 Å². The molecule has 3 rings (SSSR count). The maximum atomic E-state index is 12.4. The Morgan fingerprint density at radius 1 is 0.963 bits per heavy atom. The lowest BCUT2D eigenvalue weighted by Gasteiger charge is -2.32. The van der Waals surface area contributed by atoms with Gasteiger partial charge in [-0.25, -0.2) is 4.79 Å². The lowest BCUT2D eigenvalue weighted by Crippen LogP contribution is -2.43. The second-order valence-corrected chi connectivity index (χ2v) is 7.90. The van der Waals surface area contributed by atoms with Crippen molar-refractivity contribution in [1.82, 2.24) is 15.5 Å². The number of benzene rings is 1. The fourth-order valence-corrected chi connectivity index (χ4v) is 4.27. The highest BCUT2D eigenvalue weighted by atomic mass is 16.2. The fraction of sp³-hybridized carbons (Fsp3) is 0.636. The van der Waals surface area contributed by atoms with Crippen molar-refractivity contribution in [2.75, 3.05) is 19.6 Å². The van der Waals surface area contributed by atoms with Crippen LogP contribution in [0.1, 0.15) is 69.3 Å². The SMILES string of the molecule is O=C(NCCCC(=O)N1CCC(c2ccccc2)CC1)NC1CCCCC1. The van der Waals surface area contributed by atoms with Gasteiger partial charge < -0.3 is 15.5 Å². The topological polar surface area (TPSA) is 61.4 Å². The van der Waals surface area contributed by atoms with Crippen LogP contribution in [0.25, 0.3) is 0 Å². The summed E-state index contributed by atoms with van der Waals surface area (Å²) in [6.07, 6.45) is 9.17. The van der Waals surface area contributed by atoms with Gasteiger partial charge in [0.1, 0.15) is 0 Å². The van der Waals surface area contributed by atoms with E-state index in [1.807, 2.05) is 11.0 Å². The summed E-state index contributed by atoms with van der Waals surface area (Å²) >= 11 is 0. The normalized spacial score (nSPS) is 18.9. The van der Waals surface area contributed by atoms with E-state index in [2.05, 4.69) is 34.9 Å². The molecule has 1 aromatic carbocycles. The minimum atomic E-state index is -0.0852. The zero-order valence-electron chi connectivity index (χ0n) is 16.3. The Kier molecular flexibility index (Phi) is 7.55. The zero-order valence-corrected chi connectivity index (χ0v) is 16.3. The third-order valence-electron chi connectivity index (χ3n) is 5.91. The number of nitrogens with zero attached hydrogens (tertiary/aromatic N) is 1. The largest absolute Gasteiger partial charge is 0.343 e. The Morgan fingerprint density at radius 2 is 1.67 bits per heavy atom. The fourth-order valence-electron chi connectivity index (χ4n) is 4.27. The Labute approximate surface area is 162 Å². The van der Waals surface area contributed by atoms with Gasteiger partial charge in [0.15, 0.2) is 0 Å². The summed E-state index contributed by atoms with van der Waals surface area (Å²) in [5.41, 5.74) is 1.39. The number of likely N-dealkylation sites (tertiary alicyclic amines) is 1. The van der Waals surface area contributed by atoms with Gasteiger partial charge in [-0.15, -0.1) is 0 Å². The summed E-state index contributed by atoms with van der Waals surface area (Å²) < 4.78 is 0. The molecule has 1 heterocycles.